The maximum atomic E-state index is 14.5. The van der Waals surface area contributed by atoms with Crippen molar-refractivity contribution in [1.82, 2.24) is 15.1 Å². The van der Waals surface area contributed by atoms with Crippen molar-refractivity contribution in [2.45, 2.75) is 56.0 Å². The molecule has 8 heteroatoms. The van der Waals surface area contributed by atoms with Crippen LogP contribution in [0.4, 0.5) is 10.1 Å². The van der Waals surface area contributed by atoms with Crippen LogP contribution in [0.15, 0.2) is 82.6 Å². The normalized spacial score (nSPS) is 19.2. The Bertz CT molecular complexity index is 1480. The Hall–Kier alpha value is -3.46. The zero-order chi connectivity index (χ0) is 30.3. The molecule has 44 heavy (non-hydrogen) atoms. The molecule has 0 radical (unpaired) electrons. The molecule has 6 rings (SSSR count). The molecular formula is C36H41FN4O2S. The first kappa shape index (κ1) is 30.6. The number of hydrogen-bond acceptors (Lipinski definition) is 5. The predicted molar refractivity (Wildman–Crippen MR) is 176 cm³/mol. The number of fused-ring (bicyclic) bond motifs is 1. The van der Waals surface area contributed by atoms with Gasteiger partial charge in [0.15, 0.2) is 0 Å². The Morgan fingerprint density at radius 1 is 0.909 bits per heavy atom. The Morgan fingerprint density at radius 3 is 2.41 bits per heavy atom. The summed E-state index contributed by atoms with van der Waals surface area (Å²) in [6.45, 7) is 6.38. The third kappa shape index (κ3) is 7.42. The summed E-state index contributed by atoms with van der Waals surface area (Å²) in [5.41, 5.74) is 2.67. The fourth-order valence-electron chi connectivity index (χ4n) is 6.50. The Kier molecular flexibility index (Phi) is 10.1. The van der Waals surface area contributed by atoms with Crippen LogP contribution in [0, 0.1) is 5.82 Å². The van der Waals surface area contributed by atoms with Crippen LogP contribution in [0.5, 0.6) is 0 Å². The molecule has 3 aromatic rings. The number of nitrogens with zero attached hydrogens (tertiary/aromatic N) is 3. The molecule has 2 amide bonds. The molecule has 3 aromatic carbocycles. The average molecular weight is 613 g/mol. The van der Waals surface area contributed by atoms with Crippen LogP contribution < -0.4 is 10.2 Å². The predicted octanol–water partition coefficient (Wildman–Crippen LogP) is 6.58. The first-order valence-electron chi connectivity index (χ1n) is 15.9. The largest absolute Gasteiger partial charge is 0.352 e. The number of rotatable bonds is 9. The molecule has 2 aliphatic heterocycles. The van der Waals surface area contributed by atoms with E-state index < -0.39 is 0 Å². The molecule has 2 fully saturated rings. The molecule has 0 aromatic heterocycles. The monoisotopic (exact) mass is 612 g/mol. The minimum absolute atomic E-state index is 0.0839. The van der Waals surface area contributed by atoms with Crippen LogP contribution in [0.25, 0.3) is 6.08 Å². The van der Waals surface area contributed by atoms with Crippen molar-refractivity contribution in [2.75, 3.05) is 44.2 Å². The number of amides is 2. The summed E-state index contributed by atoms with van der Waals surface area (Å²) in [6.07, 6.45) is 9.68. The van der Waals surface area contributed by atoms with E-state index in [4.69, 9.17) is 0 Å². The van der Waals surface area contributed by atoms with Gasteiger partial charge in [-0.05, 0) is 67.8 Å². The lowest BCUT2D eigenvalue weighted by Crippen LogP contribution is -2.51. The number of benzene rings is 3. The molecule has 0 spiro atoms. The topological polar surface area (TPSA) is 55.9 Å². The number of hydrogen-bond donors (Lipinski definition) is 1. The number of carbonyl (C=O) groups is 2. The number of thioether (sulfide) groups is 1. The van der Waals surface area contributed by atoms with E-state index in [1.807, 2.05) is 42.5 Å². The Morgan fingerprint density at radius 2 is 1.64 bits per heavy atom. The van der Waals surface area contributed by atoms with Gasteiger partial charge in [-0.1, -0.05) is 73.5 Å². The molecule has 1 N–H and O–H groups in total. The summed E-state index contributed by atoms with van der Waals surface area (Å²) in [7, 11) is 0. The van der Waals surface area contributed by atoms with E-state index in [0.717, 1.165) is 48.2 Å². The Balaban J connectivity index is 1.01. The number of anilines is 1. The van der Waals surface area contributed by atoms with Crippen LogP contribution in [0.2, 0.25) is 0 Å². The molecule has 0 unspecified atom stereocenters. The highest BCUT2D eigenvalue weighted by Gasteiger charge is 2.30. The van der Waals surface area contributed by atoms with Crippen molar-refractivity contribution >= 4 is 35.3 Å². The smallest absolute Gasteiger partial charge is 0.265 e. The quantitative estimate of drug-likeness (QED) is 0.219. The molecule has 0 bridgehead atoms. The van der Waals surface area contributed by atoms with E-state index in [0.29, 0.717) is 22.6 Å². The lowest BCUT2D eigenvalue weighted by molar-refractivity contribution is -0.114. The van der Waals surface area contributed by atoms with Gasteiger partial charge in [-0.3, -0.25) is 14.5 Å². The Labute approximate surface area is 264 Å². The van der Waals surface area contributed by atoms with Crippen molar-refractivity contribution in [1.29, 1.82) is 0 Å². The van der Waals surface area contributed by atoms with E-state index in [9.17, 15) is 14.0 Å². The molecule has 2 heterocycles. The van der Waals surface area contributed by atoms with Gasteiger partial charge in [0.05, 0.1) is 17.1 Å². The van der Waals surface area contributed by atoms with Crippen LogP contribution in [0.1, 0.15) is 60.0 Å². The highest BCUT2D eigenvalue weighted by Crippen LogP contribution is 2.42. The maximum Gasteiger partial charge on any atom is 0.265 e. The zero-order valence-electron chi connectivity index (χ0n) is 25.2. The third-order valence-electron chi connectivity index (χ3n) is 9.02. The summed E-state index contributed by atoms with van der Waals surface area (Å²) in [4.78, 5) is 34.7. The van der Waals surface area contributed by atoms with Gasteiger partial charge in [0.2, 0.25) is 0 Å². The van der Waals surface area contributed by atoms with Crippen LogP contribution >= 0.6 is 11.8 Å². The zero-order valence-corrected chi connectivity index (χ0v) is 26.0. The molecular weight excluding hydrogens is 571 g/mol. The van der Waals surface area contributed by atoms with Crippen molar-refractivity contribution in [2.24, 2.45) is 0 Å². The lowest BCUT2D eigenvalue weighted by atomic mass is 9.94. The van der Waals surface area contributed by atoms with Crippen molar-refractivity contribution in [3.8, 4) is 0 Å². The number of para-hydroxylation sites is 1. The number of nitrogens with one attached hydrogen (secondary N) is 1. The first-order chi connectivity index (χ1) is 21.5. The number of carbonyl (C=O) groups excluding carboxylic acids is 2. The van der Waals surface area contributed by atoms with Crippen molar-refractivity contribution < 1.29 is 14.0 Å². The van der Waals surface area contributed by atoms with Gasteiger partial charge in [0.25, 0.3) is 11.8 Å². The SMILES string of the molecule is O=C(NCCCN1CCN(C2CCCCC2)CC1)c1ccc(C=C2Sc3ccccc3N(Cc3ccccc3F)C2=O)cc1. The molecule has 1 saturated heterocycles. The molecule has 3 aliphatic rings. The van der Waals surface area contributed by atoms with Gasteiger partial charge in [-0.2, -0.15) is 0 Å². The highest BCUT2D eigenvalue weighted by atomic mass is 32.2. The lowest BCUT2D eigenvalue weighted by Gasteiger charge is -2.40. The van der Waals surface area contributed by atoms with Crippen molar-refractivity contribution in [3.05, 3.63) is 100 Å². The van der Waals surface area contributed by atoms with Crippen LogP contribution in [0.3, 0.4) is 0 Å². The van der Waals surface area contributed by atoms with Gasteiger partial charge in [0, 0.05) is 54.8 Å². The minimum Gasteiger partial charge on any atom is -0.352 e. The average Bonchev–Trinajstić information content (AvgIpc) is 3.07. The highest BCUT2D eigenvalue weighted by molar-refractivity contribution is 8.04. The first-order valence-corrected chi connectivity index (χ1v) is 16.8. The second-order valence-electron chi connectivity index (χ2n) is 12.0. The maximum absolute atomic E-state index is 14.5. The summed E-state index contributed by atoms with van der Waals surface area (Å²) in [6, 6.07) is 22.4. The second-order valence-corrected chi connectivity index (χ2v) is 13.0. The fraction of sp³-hybridized carbons (Fsp3) is 0.389. The fourth-order valence-corrected chi connectivity index (χ4v) is 7.56. The van der Waals surface area contributed by atoms with E-state index in [1.54, 1.807) is 35.2 Å². The standard InChI is InChI=1S/C36H41FN4O2S/c37-31-12-5-4-9-29(31)26-41-32-13-6-7-14-33(32)44-34(36(41)43)25-27-15-17-28(18-16-27)35(42)38-19-8-20-39-21-23-40(24-22-39)30-10-2-1-3-11-30/h4-7,9,12-18,25,30H,1-3,8,10-11,19-24,26H2,(H,38,42). The van der Waals surface area contributed by atoms with Gasteiger partial charge >= 0.3 is 0 Å². The summed E-state index contributed by atoms with van der Waals surface area (Å²) < 4.78 is 14.5. The van der Waals surface area contributed by atoms with Gasteiger partial charge in [0.1, 0.15) is 5.82 Å². The van der Waals surface area contributed by atoms with Gasteiger partial charge < -0.3 is 15.1 Å². The van der Waals surface area contributed by atoms with Crippen LogP contribution in [-0.2, 0) is 11.3 Å². The van der Waals surface area contributed by atoms with E-state index >= 15 is 0 Å². The molecule has 1 aliphatic carbocycles. The van der Waals surface area contributed by atoms with Crippen LogP contribution in [-0.4, -0.2) is 66.9 Å². The van der Waals surface area contributed by atoms with E-state index in [2.05, 4.69) is 15.1 Å². The van der Waals surface area contributed by atoms with Crippen molar-refractivity contribution in [3.63, 3.8) is 0 Å². The van der Waals surface area contributed by atoms with Gasteiger partial charge in [-0.25, -0.2) is 4.39 Å². The summed E-state index contributed by atoms with van der Waals surface area (Å²) in [5, 5.41) is 3.06. The summed E-state index contributed by atoms with van der Waals surface area (Å²) >= 11 is 1.41. The van der Waals surface area contributed by atoms with E-state index in [1.165, 1.54) is 63.0 Å². The number of piperazine rings is 1. The van der Waals surface area contributed by atoms with Gasteiger partial charge in [-0.15, -0.1) is 0 Å². The summed E-state index contributed by atoms with van der Waals surface area (Å²) in [5.74, 6) is -0.586. The molecule has 1 saturated carbocycles. The number of halogens is 1. The second kappa shape index (κ2) is 14.5. The molecule has 0 atom stereocenters. The van der Waals surface area contributed by atoms with E-state index in [-0.39, 0.29) is 24.2 Å². The minimum atomic E-state index is -0.330. The molecule has 230 valence electrons. The third-order valence-corrected chi connectivity index (χ3v) is 10.1. The molecule has 6 nitrogen and oxygen atoms in total.